The molecular formula is C25H21N5O2S. The number of aromatic nitrogens is 5. The lowest BCUT2D eigenvalue weighted by atomic mass is 10.2. The molecular weight excluding hydrogens is 434 g/mol. The van der Waals surface area contributed by atoms with Crippen LogP contribution in [-0.4, -0.2) is 32.1 Å². The van der Waals surface area contributed by atoms with E-state index in [0.717, 1.165) is 33.4 Å². The molecule has 0 N–H and O–H groups in total. The molecule has 8 heteroatoms. The minimum atomic E-state index is 0.495. The maximum Gasteiger partial charge on any atom is 0.247 e. The van der Waals surface area contributed by atoms with Gasteiger partial charge in [-0.2, -0.15) is 0 Å². The Labute approximate surface area is 195 Å². The maximum absolute atomic E-state index is 5.85. The lowest BCUT2D eigenvalue weighted by molar-refractivity contribution is 0.415. The highest BCUT2D eigenvalue weighted by Gasteiger charge is 2.17. The quantitative estimate of drug-likeness (QED) is 0.292. The Morgan fingerprint density at radius 3 is 2.24 bits per heavy atom. The molecule has 164 valence electrons. The van der Waals surface area contributed by atoms with Crippen LogP contribution in [0.15, 0.2) is 94.5 Å². The van der Waals surface area contributed by atoms with Gasteiger partial charge in [0.05, 0.1) is 19.4 Å². The van der Waals surface area contributed by atoms with Crippen molar-refractivity contribution in [1.29, 1.82) is 0 Å². The summed E-state index contributed by atoms with van der Waals surface area (Å²) in [7, 11) is 1.66. The van der Waals surface area contributed by atoms with Gasteiger partial charge in [0.2, 0.25) is 11.8 Å². The summed E-state index contributed by atoms with van der Waals surface area (Å²) in [6.07, 6.45) is 0. The van der Waals surface area contributed by atoms with Crippen LogP contribution in [0.4, 0.5) is 0 Å². The monoisotopic (exact) mass is 455 g/mol. The molecule has 7 nitrogen and oxygen atoms in total. The van der Waals surface area contributed by atoms with E-state index in [1.54, 1.807) is 7.11 Å². The topological polar surface area (TPSA) is 78.9 Å². The summed E-state index contributed by atoms with van der Waals surface area (Å²) >= 11 is 1.52. The van der Waals surface area contributed by atoms with Gasteiger partial charge in [0.15, 0.2) is 11.0 Å². The number of benzene rings is 3. The van der Waals surface area contributed by atoms with E-state index < -0.39 is 0 Å². The van der Waals surface area contributed by atoms with Gasteiger partial charge in [0.1, 0.15) is 5.75 Å². The van der Waals surface area contributed by atoms with Gasteiger partial charge in [0, 0.05) is 11.1 Å². The Kier molecular flexibility index (Phi) is 6.16. The van der Waals surface area contributed by atoms with Crippen molar-refractivity contribution in [2.24, 2.45) is 0 Å². The molecule has 0 amide bonds. The van der Waals surface area contributed by atoms with Crippen LogP contribution in [-0.2, 0) is 12.3 Å². The van der Waals surface area contributed by atoms with E-state index in [0.29, 0.717) is 24.1 Å². The highest BCUT2D eigenvalue weighted by molar-refractivity contribution is 7.98. The van der Waals surface area contributed by atoms with E-state index >= 15 is 0 Å². The third kappa shape index (κ3) is 4.80. The maximum atomic E-state index is 5.85. The van der Waals surface area contributed by atoms with Crippen LogP contribution in [0.3, 0.4) is 0 Å². The van der Waals surface area contributed by atoms with Crippen molar-refractivity contribution in [2.75, 3.05) is 7.11 Å². The number of ether oxygens (including phenoxy) is 1. The van der Waals surface area contributed by atoms with Gasteiger partial charge in [0.25, 0.3) is 0 Å². The first kappa shape index (κ1) is 21.0. The molecule has 0 unspecified atom stereocenters. The zero-order chi connectivity index (χ0) is 22.5. The van der Waals surface area contributed by atoms with Crippen LogP contribution in [0.2, 0.25) is 0 Å². The molecule has 0 fully saturated rings. The SMILES string of the molecule is COc1ccc(-c2nnc(SCc3nnc(-c4ccccc4)o3)n2Cc2ccccc2)cc1. The molecule has 0 aliphatic rings. The fraction of sp³-hybridized carbons (Fsp3) is 0.120. The van der Waals surface area contributed by atoms with E-state index in [2.05, 4.69) is 37.1 Å². The molecule has 5 rings (SSSR count). The predicted molar refractivity (Wildman–Crippen MR) is 127 cm³/mol. The van der Waals surface area contributed by atoms with Gasteiger partial charge in [-0.05, 0) is 42.0 Å². The van der Waals surface area contributed by atoms with Crippen molar-refractivity contribution in [1.82, 2.24) is 25.0 Å². The van der Waals surface area contributed by atoms with Gasteiger partial charge in [-0.15, -0.1) is 20.4 Å². The summed E-state index contributed by atoms with van der Waals surface area (Å²) < 4.78 is 13.2. The second kappa shape index (κ2) is 9.70. The largest absolute Gasteiger partial charge is 0.497 e. The molecule has 0 atom stereocenters. The average molecular weight is 456 g/mol. The van der Waals surface area contributed by atoms with E-state index in [1.165, 1.54) is 11.8 Å². The fourth-order valence-electron chi connectivity index (χ4n) is 3.39. The van der Waals surface area contributed by atoms with Crippen molar-refractivity contribution in [2.45, 2.75) is 17.5 Å². The van der Waals surface area contributed by atoms with Crippen LogP contribution in [0, 0.1) is 0 Å². The Hall–Kier alpha value is -3.91. The summed E-state index contributed by atoms with van der Waals surface area (Å²) in [5, 5.41) is 18.1. The summed E-state index contributed by atoms with van der Waals surface area (Å²) in [6, 6.07) is 27.8. The molecule has 33 heavy (non-hydrogen) atoms. The highest BCUT2D eigenvalue weighted by atomic mass is 32.2. The summed E-state index contributed by atoms with van der Waals surface area (Å²) in [5.74, 6) is 3.14. The highest BCUT2D eigenvalue weighted by Crippen LogP contribution is 2.29. The van der Waals surface area contributed by atoms with Crippen LogP contribution < -0.4 is 4.74 Å². The number of nitrogens with zero attached hydrogens (tertiary/aromatic N) is 5. The van der Waals surface area contributed by atoms with Crippen molar-refractivity contribution in [3.8, 4) is 28.6 Å². The van der Waals surface area contributed by atoms with Crippen LogP contribution in [0.1, 0.15) is 11.5 Å². The molecule has 0 bridgehead atoms. The predicted octanol–water partition coefficient (Wildman–Crippen LogP) is 5.34. The second-order valence-electron chi connectivity index (χ2n) is 7.26. The summed E-state index contributed by atoms with van der Waals surface area (Å²) in [5.41, 5.74) is 3.03. The van der Waals surface area contributed by atoms with Crippen LogP contribution >= 0.6 is 11.8 Å². The molecule has 0 radical (unpaired) electrons. The normalized spacial score (nSPS) is 10.9. The van der Waals surface area contributed by atoms with E-state index in [1.807, 2.05) is 72.8 Å². The zero-order valence-electron chi connectivity index (χ0n) is 18.0. The Bertz CT molecular complexity index is 1320. The summed E-state index contributed by atoms with van der Waals surface area (Å²) in [6.45, 7) is 0.649. The zero-order valence-corrected chi connectivity index (χ0v) is 18.8. The third-order valence-corrected chi connectivity index (χ3v) is 6.01. The lowest BCUT2D eigenvalue weighted by Gasteiger charge is -2.10. The molecule has 0 spiro atoms. The van der Waals surface area contributed by atoms with Gasteiger partial charge in [-0.3, -0.25) is 4.57 Å². The third-order valence-electron chi connectivity index (χ3n) is 5.06. The first-order chi connectivity index (χ1) is 16.3. The Morgan fingerprint density at radius 1 is 0.788 bits per heavy atom. The van der Waals surface area contributed by atoms with E-state index in [-0.39, 0.29) is 0 Å². The van der Waals surface area contributed by atoms with Crippen LogP contribution in [0.25, 0.3) is 22.8 Å². The van der Waals surface area contributed by atoms with Gasteiger partial charge < -0.3 is 9.15 Å². The first-order valence-corrected chi connectivity index (χ1v) is 11.4. The second-order valence-corrected chi connectivity index (χ2v) is 8.20. The molecule has 5 aromatic rings. The standard InChI is InChI=1S/C25H21N5O2S/c1-31-21-14-12-19(13-15-21)23-27-29-25(30(23)16-18-8-4-2-5-9-18)33-17-22-26-28-24(32-22)20-10-6-3-7-11-20/h2-15H,16-17H2,1H3. The Balaban J connectivity index is 1.40. The molecule has 2 heterocycles. The fourth-order valence-corrected chi connectivity index (χ4v) is 4.17. The van der Waals surface area contributed by atoms with Crippen molar-refractivity contribution >= 4 is 11.8 Å². The van der Waals surface area contributed by atoms with E-state index in [9.17, 15) is 0 Å². The van der Waals surface area contributed by atoms with Gasteiger partial charge >= 0.3 is 0 Å². The molecule has 0 aliphatic heterocycles. The van der Waals surface area contributed by atoms with Gasteiger partial charge in [-0.25, -0.2) is 0 Å². The first-order valence-electron chi connectivity index (χ1n) is 10.4. The molecule has 0 saturated carbocycles. The van der Waals surface area contributed by atoms with Gasteiger partial charge in [-0.1, -0.05) is 60.3 Å². The molecule has 2 aromatic heterocycles. The minimum Gasteiger partial charge on any atom is -0.497 e. The summed E-state index contributed by atoms with van der Waals surface area (Å²) in [4.78, 5) is 0. The number of methoxy groups -OCH3 is 1. The van der Waals surface area contributed by atoms with E-state index in [4.69, 9.17) is 9.15 Å². The van der Waals surface area contributed by atoms with Crippen molar-refractivity contribution in [3.05, 3.63) is 96.4 Å². The van der Waals surface area contributed by atoms with Crippen molar-refractivity contribution < 1.29 is 9.15 Å². The lowest BCUT2D eigenvalue weighted by Crippen LogP contribution is -2.04. The number of thioether (sulfide) groups is 1. The number of hydrogen-bond acceptors (Lipinski definition) is 7. The number of hydrogen-bond donors (Lipinski definition) is 0. The average Bonchev–Trinajstić information content (AvgIpc) is 3.51. The molecule has 3 aromatic carbocycles. The molecule has 0 saturated heterocycles. The Morgan fingerprint density at radius 2 is 1.52 bits per heavy atom. The minimum absolute atomic E-state index is 0.495. The van der Waals surface area contributed by atoms with Crippen molar-refractivity contribution in [3.63, 3.8) is 0 Å². The molecule has 0 aliphatic carbocycles. The number of rotatable bonds is 8. The van der Waals surface area contributed by atoms with Crippen LogP contribution in [0.5, 0.6) is 5.75 Å². The smallest absolute Gasteiger partial charge is 0.247 e.